The van der Waals surface area contributed by atoms with Gasteiger partial charge >= 0.3 is 0 Å². The molecule has 0 aliphatic carbocycles. The number of aryl methyl sites for hydroxylation is 1. The van der Waals surface area contributed by atoms with Gasteiger partial charge in [-0.05, 0) is 18.9 Å². The average molecular weight is 235 g/mol. The Morgan fingerprint density at radius 1 is 1.24 bits per heavy atom. The van der Waals surface area contributed by atoms with Gasteiger partial charge in [-0.25, -0.2) is 0 Å². The van der Waals surface area contributed by atoms with Gasteiger partial charge in [-0.2, -0.15) is 0 Å². The van der Waals surface area contributed by atoms with Gasteiger partial charge in [-0.15, -0.1) is 0 Å². The number of carbonyl (C=O) groups excluding carboxylic acids is 2. The maximum atomic E-state index is 11.4. The normalized spacial score (nSPS) is 11.6. The minimum atomic E-state index is -0.635. The molecule has 5 nitrogen and oxygen atoms in total. The number of nitrogens with two attached hydrogens (primary N) is 1. The Hall–Kier alpha value is -1.88. The molecule has 1 atom stereocenters. The number of amides is 2. The molecule has 2 amide bonds. The van der Waals surface area contributed by atoms with Crippen LogP contribution in [-0.2, 0) is 16.0 Å². The Bertz CT molecular complexity index is 377. The van der Waals surface area contributed by atoms with Crippen molar-refractivity contribution in [3.05, 3.63) is 35.9 Å². The van der Waals surface area contributed by atoms with Crippen LogP contribution in [0.3, 0.4) is 0 Å². The zero-order chi connectivity index (χ0) is 12.7. The van der Waals surface area contributed by atoms with E-state index >= 15 is 0 Å². The summed E-state index contributed by atoms with van der Waals surface area (Å²) in [7, 11) is 0. The molecule has 1 aromatic rings. The lowest BCUT2D eigenvalue weighted by Gasteiger charge is -2.09. The first-order valence-corrected chi connectivity index (χ1v) is 5.48. The smallest absolute Gasteiger partial charge is 0.254 e. The Morgan fingerprint density at radius 2 is 1.88 bits per heavy atom. The molecule has 1 unspecified atom stereocenters. The summed E-state index contributed by atoms with van der Waals surface area (Å²) < 4.78 is 0. The van der Waals surface area contributed by atoms with Crippen LogP contribution < -0.4 is 16.6 Å². The molecule has 0 saturated heterocycles. The monoisotopic (exact) mass is 235 g/mol. The van der Waals surface area contributed by atoms with Crippen molar-refractivity contribution in [2.24, 2.45) is 5.73 Å². The summed E-state index contributed by atoms with van der Waals surface area (Å²) in [6.07, 6.45) is 0.962. The van der Waals surface area contributed by atoms with Crippen LogP contribution in [0.2, 0.25) is 0 Å². The van der Waals surface area contributed by atoms with E-state index < -0.39 is 11.9 Å². The van der Waals surface area contributed by atoms with Gasteiger partial charge in [-0.3, -0.25) is 20.4 Å². The van der Waals surface area contributed by atoms with E-state index in [0.29, 0.717) is 12.8 Å². The number of hydrogen-bond donors (Lipinski definition) is 3. The van der Waals surface area contributed by atoms with Gasteiger partial charge in [0.2, 0.25) is 5.91 Å². The van der Waals surface area contributed by atoms with E-state index in [4.69, 9.17) is 5.73 Å². The molecule has 17 heavy (non-hydrogen) atoms. The van der Waals surface area contributed by atoms with Gasteiger partial charge < -0.3 is 5.73 Å². The van der Waals surface area contributed by atoms with E-state index in [9.17, 15) is 9.59 Å². The topological polar surface area (TPSA) is 84.2 Å². The molecule has 0 spiro atoms. The number of benzene rings is 1. The number of hydrazine groups is 1. The molecule has 5 heteroatoms. The lowest BCUT2D eigenvalue weighted by molar-refractivity contribution is -0.129. The second-order valence-electron chi connectivity index (χ2n) is 3.81. The van der Waals surface area contributed by atoms with Gasteiger partial charge in [0, 0.05) is 6.42 Å². The molecule has 0 bridgehead atoms. The van der Waals surface area contributed by atoms with Crippen molar-refractivity contribution in [2.45, 2.75) is 25.8 Å². The van der Waals surface area contributed by atoms with E-state index in [0.717, 1.165) is 5.56 Å². The molecule has 1 aromatic carbocycles. The lowest BCUT2D eigenvalue weighted by Crippen LogP contribution is -2.48. The van der Waals surface area contributed by atoms with E-state index in [1.54, 1.807) is 6.92 Å². The molecular weight excluding hydrogens is 218 g/mol. The van der Waals surface area contributed by atoms with Gasteiger partial charge in [0.15, 0.2) is 0 Å². The van der Waals surface area contributed by atoms with Crippen LogP contribution in [0.1, 0.15) is 18.9 Å². The second kappa shape index (κ2) is 6.65. The van der Waals surface area contributed by atoms with Crippen molar-refractivity contribution in [3.63, 3.8) is 0 Å². The van der Waals surface area contributed by atoms with E-state index in [1.165, 1.54) is 0 Å². The fourth-order valence-electron chi connectivity index (χ4n) is 1.21. The van der Waals surface area contributed by atoms with Crippen molar-refractivity contribution in [2.75, 3.05) is 0 Å². The summed E-state index contributed by atoms with van der Waals surface area (Å²) in [5, 5.41) is 0. The van der Waals surface area contributed by atoms with Crippen LogP contribution in [0.4, 0.5) is 0 Å². The van der Waals surface area contributed by atoms with E-state index in [-0.39, 0.29) is 5.91 Å². The van der Waals surface area contributed by atoms with Crippen molar-refractivity contribution in [1.82, 2.24) is 10.9 Å². The summed E-state index contributed by atoms with van der Waals surface area (Å²) in [6.45, 7) is 1.55. The van der Waals surface area contributed by atoms with Gasteiger partial charge in [0.25, 0.3) is 5.91 Å². The van der Waals surface area contributed by atoms with Gasteiger partial charge in [-0.1, -0.05) is 30.3 Å². The highest BCUT2D eigenvalue weighted by molar-refractivity contribution is 5.84. The number of hydrogen-bond acceptors (Lipinski definition) is 3. The second-order valence-corrected chi connectivity index (χ2v) is 3.81. The molecule has 1 rings (SSSR count). The number of carbonyl (C=O) groups is 2. The minimum Gasteiger partial charge on any atom is -0.320 e. The Labute approximate surface area is 100 Å². The van der Waals surface area contributed by atoms with Crippen molar-refractivity contribution in [1.29, 1.82) is 0 Å². The molecule has 0 aliphatic heterocycles. The summed E-state index contributed by atoms with van der Waals surface area (Å²) in [6, 6.07) is 9.04. The van der Waals surface area contributed by atoms with Crippen LogP contribution in [-0.4, -0.2) is 17.9 Å². The first-order valence-electron chi connectivity index (χ1n) is 5.48. The molecule has 0 fully saturated rings. The Kier molecular flexibility index (Phi) is 5.16. The van der Waals surface area contributed by atoms with Crippen molar-refractivity contribution >= 4 is 11.8 Å². The standard InChI is InChI=1S/C12H17N3O2/c1-9(13)12(17)15-14-11(16)8-7-10-5-3-2-4-6-10/h2-6,9H,7-8,13H2,1H3,(H,14,16)(H,15,17). The molecule has 0 aliphatic rings. The SMILES string of the molecule is CC(N)C(=O)NNC(=O)CCc1ccccc1. The third-order valence-electron chi connectivity index (χ3n) is 2.22. The van der Waals surface area contributed by atoms with Gasteiger partial charge in [0.05, 0.1) is 6.04 Å². The molecule has 4 N–H and O–H groups in total. The first-order chi connectivity index (χ1) is 8.09. The third-order valence-corrected chi connectivity index (χ3v) is 2.22. The third kappa shape index (κ3) is 5.12. The van der Waals surface area contributed by atoms with E-state index in [2.05, 4.69) is 10.9 Å². The molecule has 0 saturated carbocycles. The largest absolute Gasteiger partial charge is 0.320 e. The maximum absolute atomic E-state index is 11.4. The van der Waals surface area contributed by atoms with Crippen LogP contribution in [0, 0.1) is 0 Å². The zero-order valence-corrected chi connectivity index (χ0v) is 9.77. The van der Waals surface area contributed by atoms with Crippen LogP contribution in [0.15, 0.2) is 30.3 Å². The molecule has 92 valence electrons. The Morgan fingerprint density at radius 3 is 2.47 bits per heavy atom. The summed E-state index contributed by atoms with van der Waals surface area (Å²) in [4.78, 5) is 22.4. The lowest BCUT2D eigenvalue weighted by atomic mass is 10.1. The van der Waals surface area contributed by atoms with Crippen LogP contribution >= 0.6 is 0 Å². The average Bonchev–Trinajstić information content (AvgIpc) is 2.34. The van der Waals surface area contributed by atoms with Crippen molar-refractivity contribution in [3.8, 4) is 0 Å². The molecule has 0 aromatic heterocycles. The highest BCUT2D eigenvalue weighted by atomic mass is 16.2. The molecular formula is C12H17N3O2. The van der Waals surface area contributed by atoms with Gasteiger partial charge in [0.1, 0.15) is 0 Å². The minimum absolute atomic E-state index is 0.233. The molecule has 0 radical (unpaired) electrons. The summed E-state index contributed by atoms with van der Waals surface area (Å²) >= 11 is 0. The first kappa shape index (κ1) is 13.2. The summed E-state index contributed by atoms with van der Waals surface area (Å²) in [5.74, 6) is -0.638. The Balaban J connectivity index is 2.24. The maximum Gasteiger partial charge on any atom is 0.254 e. The van der Waals surface area contributed by atoms with Crippen molar-refractivity contribution < 1.29 is 9.59 Å². The highest BCUT2D eigenvalue weighted by Gasteiger charge is 2.08. The highest BCUT2D eigenvalue weighted by Crippen LogP contribution is 2.01. The number of rotatable bonds is 4. The fraction of sp³-hybridized carbons (Fsp3) is 0.333. The fourth-order valence-corrected chi connectivity index (χ4v) is 1.21. The quantitative estimate of drug-likeness (QED) is 0.648. The van der Waals surface area contributed by atoms with Crippen LogP contribution in [0.25, 0.3) is 0 Å². The summed E-state index contributed by atoms with van der Waals surface area (Å²) in [5.41, 5.74) is 11.0. The predicted octanol–water partition coefficient (Wildman–Crippen LogP) is 0.114. The predicted molar refractivity (Wildman–Crippen MR) is 64.7 cm³/mol. The van der Waals surface area contributed by atoms with Crippen LogP contribution in [0.5, 0.6) is 0 Å². The van der Waals surface area contributed by atoms with E-state index in [1.807, 2.05) is 30.3 Å². The zero-order valence-electron chi connectivity index (χ0n) is 9.77. The number of nitrogens with one attached hydrogen (secondary N) is 2. The molecule has 0 heterocycles.